The first-order valence-corrected chi connectivity index (χ1v) is 11.7. The van der Waals surface area contributed by atoms with E-state index in [9.17, 15) is 13.2 Å². The van der Waals surface area contributed by atoms with Gasteiger partial charge in [0, 0.05) is 19.5 Å². The van der Waals surface area contributed by atoms with Crippen molar-refractivity contribution in [2.45, 2.75) is 33.2 Å². The molecule has 1 amide bonds. The molecule has 7 nitrogen and oxygen atoms in total. The lowest BCUT2D eigenvalue weighted by molar-refractivity contribution is -0.121. The summed E-state index contributed by atoms with van der Waals surface area (Å²) in [6.45, 7) is 4.88. The Bertz CT molecular complexity index is 960. The number of anilines is 1. The first kappa shape index (κ1) is 23.5. The molecule has 30 heavy (non-hydrogen) atoms. The van der Waals surface area contributed by atoms with Gasteiger partial charge in [-0.15, -0.1) is 0 Å². The summed E-state index contributed by atoms with van der Waals surface area (Å²) in [5, 5.41) is 2.87. The zero-order chi connectivity index (χ0) is 22.1. The normalized spacial score (nSPS) is 11.1. The lowest BCUT2D eigenvalue weighted by atomic mass is 10.2. The highest BCUT2D eigenvalue weighted by Gasteiger charge is 2.19. The Hall–Kier alpha value is -2.74. The van der Waals surface area contributed by atoms with Crippen LogP contribution in [0.25, 0.3) is 0 Å². The monoisotopic (exact) mass is 434 g/mol. The standard InChI is InChI=1S/C22H30N2O5S/c1-5-29-21-15-18(12-13-20(21)28-3)16-23-22(25)11-8-14-24(30(4,26)27)19-10-7-6-9-17(19)2/h6-7,9-10,12-13,15H,5,8,11,14,16H2,1-4H3,(H,23,25). The maximum Gasteiger partial charge on any atom is 0.232 e. The van der Waals surface area contributed by atoms with Gasteiger partial charge in [-0.1, -0.05) is 24.3 Å². The van der Waals surface area contributed by atoms with E-state index in [1.165, 1.54) is 10.6 Å². The van der Waals surface area contributed by atoms with E-state index in [2.05, 4.69) is 5.32 Å². The van der Waals surface area contributed by atoms with Crippen molar-refractivity contribution in [3.63, 3.8) is 0 Å². The molecule has 0 aliphatic heterocycles. The van der Waals surface area contributed by atoms with Crippen LogP contribution in [0.5, 0.6) is 11.5 Å². The smallest absolute Gasteiger partial charge is 0.232 e. The highest BCUT2D eigenvalue weighted by molar-refractivity contribution is 7.92. The van der Waals surface area contributed by atoms with Crippen LogP contribution < -0.4 is 19.1 Å². The summed E-state index contributed by atoms with van der Waals surface area (Å²) in [4.78, 5) is 12.2. The highest BCUT2D eigenvalue weighted by Crippen LogP contribution is 2.28. The molecule has 164 valence electrons. The molecule has 0 fully saturated rings. The van der Waals surface area contributed by atoms with Crippen LogP contribution in [0.15, 0.2) is 42.5 Å². The van der Waals surface area contributed by atoms with Crippen molar-refractivity contribution >= 4 is 21.6 Å². The predicted octanol–water partition coefficient (Wildman–Crippen LogP) is 3.26. The third-order valence-electron chi connectivity index (χ3n) is 4.57. The van der Waals surface area contributed by atoms with E-state index in [0.29, 0.717) is 36.8 Å². The SMILES string of the molecule is CCOc1cc(CNC(=O)CCCN(c2ccccc2C)S(C)(=O)=O)ccc1OC. The van der Waals surface area contributed by atoms with Gasteiger partial charge >= 0.3 is 0 Å². The highest BCUT2D eigenvalue weighted by atomic mass is 32.2. The van der Waals surface area contributed by atoms with E-state index >= 15 is 0 Å². The summed E-state index contributed by atoms with van der Waals surface area (Å²) in [7, 11) is -1.86. The van der Waals surface area contributed by atoms with Crippen molar-refractivity contribution in [3.8, 4) is 11.5 Å². The first-order chi connectivity index (χ1) is 14.3. The van der Waals surface area contributed by atoms with Crippen molar-refractivity contribution in [2.24, 2.45) is 0 Å². The zero-order valence-electron chi connectivity index (χ0n) is 18.0. The van der Waals surface area contributed by atoms with E-state index in [1.54, 1.807) is 25.3 Å². The third-order valence-corrected chi connectivity index (χ3v) is 5.75. The molecular formula is C22H30N2O5S. The van der Waals surface area contributed by atoms with Crippen LogP contribution >= 0.6 is 0 Å². The third kappa shape index (κ3) is 6.66. The number of hydrogen-bond acceptors (Lipinski definition) is 5. The van der Waals surface area contributed by atoms with Crippen LogP contribution in [0, 0.1) is 6.92 Å². The van der Waals surface area contributed by atoms with Crippen molar-refractivity contribution in [1.29, 1.82) is 0 Å². The van der Waals surface area contributed by atoms with E-state index < -0.39 is 10.0 Å². The van der Waals surface area contributed by atoms with Crippen LogP contribution in [0.2, 0.25) is 0 Å². The average Bonchev–Trinajstić information content (AvgIpc) is 2.70. The van der Waals surface area contributed by atoms with Crippen LogP contribution in [0.4, 0.5) is 5.69 Å². The molecule has 0 aliphatic carbocycles. The second kappa shape index (κ2) is 10.9. The van der Waals surface area contributed by atoms with Gasteiger partial charge in [0.15, 0.2) is 11.5 Å². The van der Waals surface area contributed by atoms with Gasteiger partial charge < -0.3 is 14.8 Å². The second-order valence-corrected chi connectivity index (χ2v) is 8.83. The lowest BCUT2D eigenvalue weighted by Gasteiger charge is -2.24. The summed E-state index contributed by atoms with van der Waals surface area (Å²) in [6, 6.07) is 12.8. The van der Waals surface area contributed by atoms with Gasteiger partial charge in [-0.05, 0) is 49.6 Å². The van der Waals surface area contributed by atoms with Crippen LogP contribution in [-0.4, -0.2) is 40.8 Å². The molecule has 0 heterocycles. The average molecular weight is 435 g/mol. The summed E-state index contributed by atoms with van der Waals surface area (Å²) in [5.41, 5.74) is 2.41. The van der Waals surface area contributed by atoms with Crippen molar-refractivity contribution in [2.75, 3.05) is 30.8 Å². The molecule has 0 unspecified atom stereocenters. The molecule has 2 aromatic rings. The van der Waals surface area contributed by atoms with Gasteiger partial charge in [-0.2, -0.15) is 0 Å². The number of methoxy groups -OCH3 is 1. The van der Waals surface area contributed by atoms with Gasteiger partial charge in [-0.25, -0.2) is 8.42 Å². The van der Waals surface area contributed by atoms with E-state index in [0.717, 1.165) is 11.1 Å². The summed E-state index contributed by atoms with van der Waals surface area (Å²) in [5.74, 6) is 1.14. The van der Waals surface area contributed by atoms with Gasteiger partial charge in [0.2, 0.25) is 15.9 Å². The maximum absolute atomic E-state index is 12.2. The molecule has 8 heteroatoms. The number of ether oxygens (including phenoxy) is 2. The Morgan fingerprint density at radius 1 is 1.13 bits per heavy atom. The van der Waals surface area contributed by atoms with Gasteiger partial charge in [0.1, 0.15) is 0 Å². The largest absolute Gasteiger partial charge is 0.493 e. The Morgan fingerprint density at radius 3 is 2.50 bits per heavy atom. The van der Waals surface area contributed by atoms with Crippen molar-refractivity contribution in [1.82, 2.24) is 5.32 Å². The molecular weight excluding hydrogens is 404 g/mol. The summed E-state index contributed by atoms with van der Waals surface area (Å²) >= 11 is 0. The summed E-state index contributed by atoms with van der Waals surface area (Å²) < 4.78 is 36.6. The molecule has 0 spiro atoms. The quantitative estimate of drug-likeness (QED) is 0.587. The van der Waals surface area contributed by atoms with Crippen molar-refractivity contribution < 1.29 is 22.7 Å². The Labute approximate surface area is 179 Å². The molecule has 2 rings (SSSR count). The number of amides is 1. The fraction of sp³-hybridized carbons (Fsp3) is 0.409. The maximum atomic E-state index is 12.2. The molecule has 0 aromatic heterocycles. The minimum atomic E-state index is -3.43. The summed E-state index contributed by atoms with van der Waals surface area (Å²) in [6.07, 6.45) is 1.82. The minimum absolute atomic E-state index is 0.137. The molecule has 1 N–H and O–H groups in total. The molecule has 0 bridgehead atoms. The number of aryl methyl sites for hydroxylation is 1. The number of benzene rings is 2. The minimum Gasteiger partial charge on any atom is -0.493 e. The number of rotatable bonds is 11. The van der Waals surface area contributed by atoms with Crippen LogP contribution in [-0.2, 0) is 21.4 Å². The number of hydrogen-bond donors (Lipinski definition) is 1. The van der Waals surface area contributed by atoms with Gasteiger partial charge in [0.05, 0.1) is 25.7 Å². The van der Waals surface area contributed by atoms with Gasteiger partial charge in [-0.3, -0.25) is 9.10 Å². The fourth-order valence-electron chi connectivity index (χ4n) is 3.08. The molecule has 0 saturated carbocycles. The molecule has 0 aliphatic rings. The number of sulfonamides is 1. The second-order valence-electron chi connectivity index (χ2n) is 6.92. The zero-order valence-corrected chi connectivity index (χ0v) is 18.8. The van der Waals surface area contributed by atoms with Crippen LogP contribution in [0.1, 0.15) is 30.9 Å². The molecule has 0 saturated heterocycles. The number of nitrogens with zero attached hydrogens (tertiary/aromatic N) is 1. The molecule has 2 aromatic carbocycles. The number of carbonyl (C=O) groups excluding carboxylic acids is 1. The fourth-order valence-corrected chi connectivity index (χ4v) is 4.10. The molecule has 0 radical (unpaired) electrons. The Balaban J connectivity index is 1.91. The Kier molecular flexibility index (Phi) is 8.53. The molecule has 0 atom stereocenters. The predicted molar refractivity (Wildman–Crippen MR) is 119 cm³/mol. The van der Waals surface area contributed by atoms with Crippen LogP contribution in [0.3, 0.4) is 0 Å². The topological polar surface area (TPSA) is 84.9 Å². The van der Waals surface area contributed by atoms with Gasteiger partial charge in [0.25, 0.3) is 0 Å². The van der Waals surface area contributed by atoms with E-state index in [-0.39, 0.29) is 18.9 Å². The lowest BCUT2D eigenvalue weighted by Crippen LogP contribution is -2.32. The first-order valence-electron chi connectivity index (χ1n) is 9.86. The number of para-hydroxylation sites is 1. The number of carbonyl (C=O) groups is 1. The number of nitrogens with one attached hydrogen (secondary N) is 1. The van der Waals surface area contributed by atoms with E-state index in [1.807, 2.05) is 38.1 Å². The Morgan fingerprint density at radius 2 is 1.87 bits per heavy atom. The van der Waals surface area contributed by atoms with Crippen molar-refractivity contribution in [3.05, 3.63) is 53.6 Å². The van der Waals surface area contributed by atoms with E-state index in [4.69, 9.17) is 9.47 Å².